The molecule has 12 heavy (non-hydrogen) atoms. The average Bonchev–Trinajstić information content (AvgIpc) is 2.80. The molecule has 68 valence electrons. The van der Waals surface area contributed by atoms with Gasteiger partial charge in [-0.25, -0.2) is 0 Å². The first-order chi connectivity index (χ1) is 5.72. The summed E-state index contributed by atoms with van der Waals surface area (Å²) in [6, 6.07) is 0.676. The van der Waals surface area contributed by atoms with E-state index in [2.05, 4.69) is 31.0 Å². The maximum Gasteiger partial charge on any atom is 0.0227 e. The Labute approximate surface area is 75.4 Å². The first-order valence-electron chi connectivity index (χ1n) is 5.17. The van der Waals surface area contributed by atoms with E-state index in [-0.39, 0.29) is 0 Å². The predicted molar refractivity (Wildman–Crippen MR) is 51.9 cm³/mol. The van der Waals surface area contributed by atoms with E-state index in [1.165, 1.54) is 32.2 Å². The molecule has 0 saturated heterocycles. The van der Waals surface area contributed by atoms with E-state index in [9.17, 15) is 0 Å². The lowest BCUT2D eigenvalue weighted by molar-refractivity contribution is 0.308. The zero-order valence-electron chi connectivity index (χ0n) is 8.21. The lowest BCUT2D eigenvalue weighted by Gasteiger charge is -2.23. The van der Waals surface area contributed by atoms with Crippen LogP contribution >= 0.6 is 0 Å². The van der Waals surface area contributed by atoms with Crippen LogP contribution in [-0.2, 0) is 0 Å². The third-order valence-corrected chi connectivity index (χ3v) is 3.27. The molecule has 1 nitrogen and oxygen atoms in total. The van der Waals surface area contributed by atoms with Crippen molar-refractivity contribution >= 4 is 0 Å². The van der Waals surface area contributed by atoms with Crippen LogP contribution < -0.4 is 0 Å². The van der Waals surface area contributed by atoms with Crippen LogP contribution in [0.3, 0.4) is 0 Å². The molecule has 0 unspecified atom stereocenters. The Morgan fingerprint density at radius 1 is 1.25 bits per heavy atom. The smallest absolute Gasteiger partial charge is 0.0227 e. The van der Waals surface area contributed by atoms with Crippen LogP contribution in [0.2, 0.25) is 0 Å². The van der Waals surface area contributed by atoms with Crippen LogP contribution in [0.15, 0.2) is 12.3 Å². The second-order valence-electron chi connectivity index (χ2n) is 4.61. The van der Waals surface area contributed by atoms with E-state index in [1.54, 1.807) is 0 Å². The number of rotatable bonds is 1. The van der Waals surface area contributed by atoms with Gasteiger partial charge < -0.3 is 4.90 Å². The van der Waals surface area contributed by atoms with Crippen molar-refractivity contribution in [3.8, 4) is 0 Å². The van der Waals surface area contributed by atoms with Crippen LogP contribution in [0.1, 0.15) is 39.5 Å². The number of hydrogen-bond donors (Lipinski definition) is 0. The van der Waals surface area contributed by atoms with Gasteiger partial charge in [0, 0.05) is 12.6 Å². The van der Waals surface area contributed by atoms with Gasteiger partial charge in [-0.2, -0.15) is 0 Å². The third kappa shape index (κ3) is 1.50. The maximum atomic E-state index is 2.47. The molecule has 1 spiro atoms. The summed E-state index contributed by atoms with van der Waals surface area (Å²) in [4.78, 5) is 2.47. The van der Waals surface area contributed by atoms with Gasteiger partial charge in [0.2, 0.25) is 0 Å². The van der Waals surface area contributed by atoms with E-state index in [4.69, 9.17) is 0 Å². The summed E-state index contributed by atoms with van der Waals surface area (Å²) in [6.45, 7) is 5.81. The van der Waals surface area contributed by atoms with Gasteiger partial charge in [0.15, 0.2) is 0 Å². The Morgan fingerprint density at radius 3 is 2.58 bits per heavy atom. The Bertz CT molecular complexity index is 189. The van der Waals surface area contributed by atoms with Gasteiger partial charge >= 0.3 is 0 Å². The second kappa shape index (κ2) is 2.79. The van der Waals surface area contributed by atoms with Crippen molar-refractivity contribution in [1.82, 2.24) is 4.90 Å². The summed E-state index contributed by atoms with van der Waals surface area (Å²) < 4.78 is 0. The molecule has 2 rings (SSSR count). The Balaban J connectivity index is 2.02. The van der Waals surface area contributed by atoms with Gasteiger partial charge in [0.1, 0.15) is 0 Å². The SMILES string of the molecule is CC(C)N1C=CC2(CCC1)CC2. The Hall–Kier alpha value is -0.460. The maximum absolute atomic E-state index is 2.47. The summed E-state index contributed by atoms with van der Waals surface area (Å²) >= 11 is 0. The molecular weight excluding hydrogens is 146 g/mol. The molecule has 2 aliphatic rings. The van der Waals surface area contributed by atoms with Gasteiger partial charge in [-0.3, -0.25) is 0 Å². The molecule has 0 aromatic heterocycles. The molecule has 1 fully saturated rings. The molecule has 0 N–H and O–H groups in total. The fourth-order valence-corrected chi connectivity index (χ4v) is 2.03. The van der Waals surface area contributed by atoms with E-state index in [0.29, 0.717) is 11.5 Å². The summed E-state index contributed by atoms with van der Waals surface area (Å²) in [5.41, 5.74) is 0.656. The van der Waals surface area contributed by atoms with Crippen molar-refractivity contribution in [2.45, 2.75) is 45.6 Å². The van der Waals surface area contributed by atoms with Gasteiger partial charge in [-0.1, -0.05) is 6.08 Å². The zero-order valence-corrected chi connectivity index (χ0v) is 8.21. The highest BCUT2D eigenvalue weighted by Crippen LogP contribution is 2.51. The largest absolute Gasteiger partial charge is 0.375 e. The van der Waals surface area contributed by atoms with Crippen molar-refractivity contribution in [3.63, 3.8) is 0 Å². The monoisotopic (exact) mass is 165 g/mol. The first kappa shape index (κ1) is 8.15. The molecule has 0 bridgehead atoms. The molecule has 1 heterocycles. The van der Waals surface area contributed by atoms with E-state index in [0.717, 1.165) is 0 Å². The fraction of sp³-hybridized carbons (Fsp3) is 0.818. The molecule has 0 radical (unpaired) electrons. The highest BCUT2D eigenvalue weighted by atomic mass is 15.1. The molecular formula is C11H19N. The third-order valence-electron chi connectivity index (χ3n) is 3.27. The quantitative estimate of drug-likeness (QED) is 0.577. The van der Waals surface area contributed by atoms with E-state index < -0.39 is 0 Å². The molecule has 0 atom stereocenters. The van der Waals surface area contributed by atoms with Crippen LogP contribution in [-0.4, -0.2) is 17.5 Å². The van der Waals surface area contributed by atoms with Gasteiger partial charge in [-0.05, 0) is 51.1 Å². The molecule has 0 aromatic rings. The van der Waals surface area contributed by atoms with Crippen LogP contribution in [0, 0.1) is 5.41 Å². The lowest BCUT2D eigenvalue weighted by atomic mass is 10.0. The lowest BCUT2D eigenvalue weighted by Crippen LogP contribution is -2.25. The molecule has 0 aromatic carbocycles. The second-order valence-corrected chi connectivity index (χ2v) is 4.61. The standard InChI is InChI=1S/C11H19N/c1-10(2)12-8-3-4-11(5-6-11)7-9-12/h7,9-10H,3-6,8H2,1-2H3. The zero-order chi connectivity index (χ0) is 8.60. The number of allylic oxidation sites excluding steroid dienone is 1. The van der Waals surface area contributed by atoms with Crippen molar-refractivity contribution in [2.24, 2.45) is 5.41 Å². The minimum atomic E-state index is 0.656. The minimum absolute atomic E-state index is 0.656. The van der Waals surface area contributed by atoms with Gasteiger partial charge in [0.25, 0.3) is 0 Å². The first-order valence-corrected chi connectivity index (χ1v) is 5.17. The molecule has 1 heteroatoms. The van der Waals surface area contributed by atoms with E-state index >= 15 is 0 Å². The summed E-state index contributed by atoms with van der Waals surface area (Å²) in [6.07, 6.45) is 10.5. The Kier molecular flexibility index (Phi) is 1.90. The van der Waals surface area contributed by atoms with Crippen LogP contribution in [0.25, 0.3) is 0 Å². The summed E-state index contributed by atoms with van der Waals surface area (Å²) in [5, 5.41) is 0. The Morgan fingerprint density at radius 2 is 2.00 bits per heavy atom. The van der Waals surface area contributed by atoms with Crippen molar-refractivity contribution in [1.29, 1.82) is 0 Å². The summed E-state index contributed by atoms with van der Waals surface area (Å²) in [7, 11) is 0. The predicted octanol–water partition coefficient (Wildman–Crippen LogP) is 2.78. The highest BCUT2D eigenvalue weighted by molar-refractivity contribution is 5.10. The van der Waals surface area contributed by atoms with Crippen molar-refractivity contribution in [2.75, 3.05) is 6.54 Å². The summed E-state index contributed by atoms with van der Waals surface area (Å²) in [5.74, 6) is 0. The normalized spacial score (nSPS) is 26.4. The van der Waals surface area contributed by atoms with Gasteiger partial charge in [-0.15, -0.1) is 0 Å². The van der Waals surface area contributed by atoms with Crippen LogP contribution in [0.5, 0.6) is 0 Å². The fourth-order valence-electron chi connectivity index (χ4n) is 2.03. The molecule has 1 aliphatic heterocycles. The number of nitrogens with zero attached hydrogens (tertiary/aromatic N) is 1. The topological polar surface area (TPSA) is 3.24 Å². The molecule has 0 amide bonds. The number of hydrogen-bond acceptors (Lipinski definition) is 1. The minimum Gasteiger partial charge on any atom is -0.375 e. The molecule has 1 aliphatic carbocycles. The molecule has 1 saturated carbocycles. The highest BCUT2D eigenvalue weighted by Gasteiger charge is 2.40. The van der Waals surface area contributed by atoms with Crippen molar-refractivity contribution < 1.29 is 0 Å². The van der Waals surface area contributed by atoms with Crippen molar-refractivity contribution in [3.05, 3.63) is 12.3 Å². The van der Waals surface area contributed by atoms with E-state index in [1.807, 2.05) is 0 Å². The average molecular weight is 165 g/mol. The van der Waals surface area contributed by atoms with Gasteiger partial charge in [0.05, 0.1) is 0 Å². The van der Waals surface area contributed by atoms with Crippen LogP contribution in [0.4, 0.5) is 0 Å².